The summed E-state index contributed by atoms with van der Waals surface area (Å²) in [5.41, 5.74) is 2.11. The Morgan fingerprint density at radius 2 is 1.78 bits per heavy atom. The molecule has 3 rings (SSSR count). The van der Waals surface area contributed by atoms with Crippen LogP contribution in [0.3, 0.4) is 0 Å². The second-order valence-electron chi connectivity index (χ2n) is 7.35. The number of ether oxygens (including phenoxy) is 1. The molecule has 2 atom stereocenters. The number of carbonyl (C=O) groups excluding carboxylic acids is 1. The molecule has 0 bridgehead atoms. The van der Waals surface area contributed by atoms with Gasteiger partial charge in [-0.1, -0.05) is 30.3 Å². The van der Waals surface area contributed by atoms with Crippen molar-refractivity contribution >= 4 is 5.91 Å². The number of hydrogen-bond acceptors (Lipinski definition) is 3. The van der Waals surface area contributed by atoms with E-state index in [1.54, 1.807) is 0 Å². The summed E-state index contributed by atoms with van der Waals surface area (Å²) >= 11 is 0. The van der Waals surface area contributed by atoms with Gasteiger partial charge in [0, 0.05) is 31.7 Å². The van der Waals surface area contributed by atoms with Crippen LogP contribution in [0.25, 0.3) is 0 Å². The van der Waals surface area contributed by atoms with E-state index in [1.165, 1.54) is 12.1 Å². The molecule has 1 amide bonds. The van der Waals surface area contributed by atoms with Gasteiger partial charge in [-0.05, 0) is 50.1 Å². The van der Waals surface area contributed by atoms with Crippen molar-refractivity contribution in [1.29, 1.82) is 0 Å². The van der Waals surface area contributed by atoms with E-state index in [-0.39, 0.29) is 30.4 Å². The van der Waals surface area contributed by atoms with E-state index >= 15 is 0 Å². The number of para-hydroxylation sites is 1. The Balaban J connectivity index is 1.56. The van der Waals surface area contributed by atoms with E-state index in [1.807, 2.05) is 48.2 Å². The average Bonchev–Trinajstić information content (AvgIpc) is 2.65. The van der Waals surface area contributed by atoms with E-state index in [9.17, 15) is 9.18 Å². The topological polar surface area (TPSA) is 32.8 Å². The lowest BCUT2D eigenvalue weighted by molar-refractivity contribution is -0.139. The number of amides is 1. The second kappa shape index (κ2) is 8.53. The van der Waals surface area contributed by atoms with Gasteiger partial charge < -0.3 is 9.64 Å². The highest BCUT2D eigenvalue weighted by Crippen LogP contribution is 2.20. The van der Waals surface area contributed by atoms with Gasteiger partial charge in [0.1, 0.15) is 11.6 Å². The quantitative estimate of drug-likeness (QED) is 0.806. The molecule has 5 heteroatoms. The Kier molecular flexibility index (Phi) is 6.11. The zero-order valence-electron chi connectivity index (χ0n) is 16.2. The summed E-state index contributed by atoms with van der Waals surface area (Å²) < 4.78 is 18.8. The summed E-state index contributed by atoms with van der Waals surface area (Å²) in [6, 6.07) is 14.7. The summed E-state index contributed by atoms with van der Waals surface area (Å²) in [6.07, 6.45) is 0. The fourth-order valence-electron chi connectivity index (χ4n) is 3.53. The number of hydrogen-bond donors (Lipinski definition) is 0. The molecular weight excluding hydrogens is 343 g/mol. The predicted molar refractivity (Wildman–Crippen MR) is 104 cm³/mol. The van der Waals surface area contributed by atoms with Crippen LogP contribution in [0.5, 0.6) is 5.75 Å². The van der Waals surface area contributed by atoms with E-state index < -0.39 is 0 Å². The molecule has 1 aliphatic heterocycles. The minimum absolute atomic E-state index is 0.0130. The van der Waals surface area contributed by atoms with Gasteiger partial charge in [0.15, 0.2) is 6.61 Å². The molecule has 0 aromatic heterocycles. The number of aryl methyl sites for hydroxylation is 1. The number of rotatable bonds is 5. The van der Waals surface area contributed by atoms with Crippen LogP contribution in [-0.2, 0) is 11.3 Å². The molecule has 0 aliphatic carbocycles. The molecule has 0 saturated carbocycles. The maximum absolute atomic E-state index is 13.1. The summed E-state index contributed by atoms with van der Waals surface area (Å²) in [4.78, 5) is 16.9. The zero-order valence-corrected chi connectivity index (χ0v) is 16.2. The second-order valence-corrected chi connectivity index (χ2v) is 7.35. The first kappa shape index (κ1) is 19.4. The fraction of sp³-hybridized carbons (Fsp3) is 0.409. The first-order chi connectivity index (χ1) is 12.9. The van der Waals surface area contributed by atoms with Gasteiger partial charge >= 0.3 is 0 Å². The van der Waals surface area contributed by atoms with E-state index in [0.29, 0.717) is 6.54 Å². The van der Waals surface area contributed by atoms with Crippen LogP contribution in [0, 0.1) is 12.7 Å². The Morgan fingerprint density at radius 3 is 2.48 bits per heavy atom. The van der Waals surface area contributed by atoms with E-state index in [4.69, 9.17) is 4.74 Å². The van der Waals surface area contributed by atoms with Gasteiger partial charge in [-0.15, -0.1) is 0 Å². The average molecular weight is 370 g/mol. The Morgan fingerprint density at radius 1 is 1.07 bits per heavy atom. The van der Waals surface area contributed by atoms with Crippen molar-refractivity contribution in [2.24, 2.45) is 0 Å². The van der Waals surface area contributed by atoms with Crippen molar-refractivity contribution in [2.45, 2.75) is 39.4 Å². The van der Waals surface area contributed by atoms with Crippen molar-refractivity contribution in [3.8, 4) is 5.75 Å². The zero-order chi connectivity index (χ0) is 19.4. The molecule has 2 aromatic carbocycles. The maximum Gasteiger partial charge on any atom is 0.260 e. The van der Waals surface area contributed by atoms with Crippen LogP contribution in [0.1, 0.15) is 25.0 Å². The van der Waals surface area contributed by atoms with Crippen molar-refractivity contribution in [3.63, 3.8) is 0 Å². The lowest BCUT2D eigenvalue weighted by Crippen LogP contribution is -2.58. The lowest BCUT2D eigenvalue weighted by atomic mass is 10.1. The lowest BCUT2D eigenvalue weighted by Gasteiger charge is -2.44. The van der Waals surface area contributed by atoms with Crippen LogP contribution in [0.2, 0.25) is 0 Å². The van der Waals surface area contributed by atoms with Crippen molar-refractivity contribution in [1.82, 2.24) is 9.80 Å². The third kappa shape index (κ3) is 4.86. The number of halogens is 1. The molecule has 0 unspecified atom stereocenters. The van der Waals surface area contributed by atoms with E-state index in [2.05, 4.69) is 18.7 Å². The molecule has 0 radical (unpaired) electrons. The molecule has 144 valence electrons. The highest BCUT2D eigenvalue weighted by Gasteiger charge is 2.32. The minimum atomic E-state index is -0.218. The number of piperazine rings is 1. The highest BCUT2D eigenvalue weighted by molar-refractivity contribution is 5.78. The molecule has 2 aromatic rings. The summed E-state index contributed by atoms with van der Waals surface area (Å²) in [5, 5.41) is 0. The summed E-state index contributed by atoms with van der Waals surface area (Å²) in [6.45, 7) is 8.42. The smallest absolute Gasteiger partial charge is 0.260 e. The van der Waals surface area contributed by atoms with Gasteiger partial charge in [-0.2, -0.15) is 0 Å². The van der Waals surface area contributed by atoms with E-state index in [0.717, 1.165) is 30.0 Å². The SMILES string of the molecule is Cc1ccccc1OCC(=O)N1C[C@H](C)N(Cc2ccc(F)cc2)C[C@H]1C. The monoisotopic (exact) mass is 370 g/mol. The third-order valence-corrected chi connectivity index (χ3v) is 5.18. The van der Waals surface area contributed by atoms with Crippen LogP contribution in [0.4, 0.5) is 4.39 Å². The highest BCUT2D eigenvalue weighted by atomic mass is 19.1. The fourth-order valence-corrected chi connectivity index (χ4v) is 3.53. The molecule has 0 N–H and O–H groups in total. The molecule has 1 saturated heterocycles. The summed E-state index contributed by atoms with van der Waals surface area (Å²) in [5.74, 6) is 0.546. The molecule has 1 fully saturated rings. The van der Waals surface area contributed by atoms with Crippen LogP contribution >= 0.6 is 0 Å². The van der Waals surface area contributed by atoms with Crippen LogP contribution < -0.4 is 4.74 Å². The van der Waals surface area contributed by atoms with Crippen molar-refractivity contribution < 1.29 is 13.9 Å². The number of benzene rings is 2. The molecule has 27 heavy (non-hydrogen) atoms. The largest absolute Gasteiger partial charge is 0.484 e. The van der Waals surface area contributed by atoms with Gasteiger partial charge in [0.2, 0.25) is 0 Å². The summed E-state index contributed by atoms with van der Waals surface area (Å²) in [7, 11) is 0. The van der Waals surface area contributed by atoms with Gasteiger partial charge in [-0.25, -0.2) is 4.39 Å². The number of nitrogens with zero attached hydrogens (tertiary/aromatic N) is 2. The number of carbonyl (C=O) groups is 1. The Bertz CT molecular complexity index is 778. The van der Waals surface area contributed by atoms with Crippen molar-refractivity contribution in [3.05, 3.63) is 65.5 Å². The predicted octanol–water partition coefficient (Wildman–Crippen LogP) is 3.63. The molecule has 1 heterocycles. The van der Waals surface area contributed by atoms with Gasteiger partial charge in [0.05, 0.1) is 0 Å². The van der Waals surface area contributed by atoms with Crippen LogP contribution in [-0.4, -0.2) is 47.5 Å². The maximum atomic E-state index is 13.1. The normalized spacial score (nSPS) is 20.5. The van der Waals surface area contributed by atoms with Crippen LogP contribution in [0.15, 0.2) is 48.5 Å². The molecule has 1 aliphatic rings. The Labute approximate surface area is 160 Å². The molecular formula is C22H27FN2O2. The molecule has 0 spiro atoms. The minimum Gasteiger partial charge on any atom is -0.484 e. The molecule has 4 nitrogen and oxygen atoms in total. The van der Waals surface area contributed by atoms with Crippen molar-refractivity contribution in [2.75, 3.05) is 19.7 Å². The first-order valence-electron chi connectivity index (χ1n) is 9.40. The standard InChI is InChI=1S/C22H27FN2O2/c1-16-6-4-5-7-21(16)27-15-22(26)25-13-17(2)24(12-18(25)3)14-19-8-10-20(23)11-9-19/h4-11,17-18H,12-15H2,1-3H3/t17-,18+/m0/s1. The Hall–Kier alpha value is -2.40. The first-order valence-corrected chi connectivity index (χ1v) is 9.40. The van der Waals surface area contributed by atoms with Gasteiger partial charge in [-0.3, -0.25) is 9.69 Å². The third-order valence-electron chi connectivity index (χ3n) is 5.18. The van der Waals surface area contributed by atoms with Gasteiger partial charge in [0.25, 0.3) is 5.91 Å².